The molecule has 0 spiro atoms. The quantitative estimate of drug-likeness (QED) is 0.839. The van der Waals surface area contributed by atoms with E-state index in [-0.39, 0.29) is 11.9 Å². The minimum Gasteiger partial charge on any atom is -0.343 e. The molecule has 6 nitrogen and oxygen atoms in total. The van der Waals surface area contributed by atoms with Gasteiger partial charge in [0.15, 0.2) is 0 Å². The summed E-state index contributed by atoms with van der Waals surface area (Å²) in [5.74, 6) is 1.62. The fourth-order valence-electron chi connectivity index (χ4n) is 3.60. The normalized spacial score (nSPS) is 22.3. The average molecular weight is 364 g/mol. The lowest BCUT2D eigenvalue weighted by Gasteiger charge is -2.39. The van der Waals surface area contributed by atoms with Crippen LogP contribution in [-0.4, -0.2) is 50.8 Å². The molecule has 1 saturated carbocycles. The Labute approximate surface area is 149 Å². The highest BCUT2D eigenvalue weighted by molar-refractivity contribution is 7.09. The molecule has 2 aromatic rings. The number of hydrogen-bond donors (Lipinski definition) is 0. The van der Waals surface area contributed by atoms with Crippen molar-refractivity contribution in [2.24, 2.45) is 0 Å². The van der Waals surface area contributed by atoms with E-state index in [0.717, 1.165) is 24.0 Å². The SMILES string of the molecule is C[C@H]1CN(c2nc(C3CCCC3)ns2)CCN1C(=O)c1cscn1. The van der Waals surface area contributed by atoms with E-state index in [1.807, 2.05) is 10.3 Å². The Kier molecular flexibility index (Phi) is 4.49. The Hall–Kier alpha value is -1.54. The molecule has 2 fully saturated rings. The van der Waals surface area contributed by atoms with Gasteiger partial charge in [-0.2, -0.15) is 4.37 Å². The highest BCUT2D eigenvalue weighted by Gasteiger charge is 2.31. The van der Waals surface area contributed by atoms with Crippen molar-refractivity contribution in [3.8, 4) is 0 Å². The van der Waals surface area contributed by atoms with Gasteiger partial charge in [-0.05, 0) is 19.8 Å². The molecule has 3 heterocycles. The van der Waals surface area contributed by atoms with Gasteiger partial charge in [-0.25, -0.2) is 9.97 Å². The number of hydrogen-bond acceptors (Lipinski definition) is 7. The lowest BCUT2D eigenvalue weighted by molar-refractivity contribution is 0.0669. The molecule has 8 heteroatoms. The number of carbonyl (C=O) groups excluding carboxylic acids is 1. The second kappa shape index (κ2) is 6.76. The van der Waals surface area contributed by atoms with Crippen LogP contribution in [-0.2, 0) is 0 Å². The van der Waals surface area contributed by atoms with Gasteiger partial charge in [0.1, 0.15) is 11.5 Å². The molecule has 1 atom stereocenters. The largest absolute Gasteiger partial charge is 0.343 e. The molecule has 0 bridgehead atoms. The molecule has 0 radical (unpaired) electrons. The number of piperazine rings is 1. The molecule has 2 aliphatic rings. The number of rotatable bonds is 3. The number of thiazole rings is 1. The first-order valence-electron chi connectivity index (χ1n) is 8.50. The van der Waals surface area contributed by atoms with Gasteiger partial charge in [-0.1, -0.05) is 12.8 Å². The summed E-state index contributed by atoms with van der Waals surface area (Å²) in [6, 6.07) is 0.145. The van der Waals surface area contributed by atoms with Crippen LogP contribution in [0.1, 0.15) is 54.8 Å². The lowest BCUT2D eigenvalue weighted by Crippen LogP contribution is -2.54. The predicted molar refractivity (Wildman–Crippen MR) is 95.9 cm³/mol. The first kappa shape index (κ1) is 16.0. The van der Waals surface area contributed by atoms with Gasteiger partial charge in [0.2, 0.25) is 5.13 Å². The van der Waals surface area contributed by atoms with Gasteiger partial charge in [-0.3, -0.25) is 4.79 Å². The summed E-state index contributed by atoms with van der Waals surface area (Å²) >= 11 is 2.96. The molecule has 1 aliphatic carbocycles. The molecule has 2 aromatic heterocycles. The van der Waals surface area contributed by atoms with Crippen molar-refractivity contribution in [1.29, 1.82) is 0 Å². The lowest BCUT2D eigenvalue weighted by atomic mass is 10.1. The Morgan fingerprint density at radius 3 is 2.83 bits per heavy atom. The van der Waals surface area contributed by atoms with Gasteiger partial charge in [0.05, 0.1) is 5.51 Å². The van der Waals surface area contributed by atoms with Crippen molar-refractivity contribution >= 4 is 33.9 Å². The molecular weight excluding hydrogens is 342 g/mol. The third-order valence-electron chi connectivity index (χ3n) is 4.96. The van der Waals surface area contributed by atoms with Crippen LogP contribution in [0.15, 0.2) is 10.9 Å². The number of anilines is 1. The van der Waals surface area contributed by atoms with E-state index in [1.165, 1.54) is 48.6 Å². The number of amides is 1. The van der Waals surface area contributed by atoms with Crippen molar-refractivity contribution < 1.29 is 4.79 Å². The van der Waals surface area contributed by atoms with Crippen molar-refractivity contribution in [3.63, 3.8) is 0 Å². The molecule has 0 unspecified atom stereocenters. The van der Waals surface area contributed by atoms with Gasteiger partial charge in [-0.15, -0.1) is 11.3 Å². The van der Waals surface area contributed by atoms with Crippen molar-refractivity contribution in [1.82, 2.24) is 19.2 Å². The van der Waals surface area contributed by atoms with Crippen LogP contribution in [0.3, 0.4) is 0 Å². The summed E-state index contributed by atoms with van der Waals surface area (Å²) in [5, 5.41) is 2.82. The van der Waals surface area contributed by atoms with E-state index in [4.69, 9.17) is 4.98 Å². The van der Waals surface area contributed by atoms with E-state index in [0.29, 0.717) is 18.2 Å². The zero-order chi connectivity index (χ0) is 16.5. The zero-order valence-electron chi connectivity index (χ0n) is 13.7. The zero-order valence-corrected chi connectivity index (χ0v) is 15.4. The minimum atomic E-state index is 0.0345. The summed E-state index contributed by atoms with van der Waals surface area (Å²) in [5.41, 5.74) is 2.26. The van der Waals surface area contributed by atoms with Crippen molar-refractivity contribution in [3.05, 3.63) is 22.4 Å². The standard InChI is InChI=1S/C16H21N5OS2/c1-11-8-20(6-7-21(11)15(22)13-9-23-10-17-13)16-18-14(19-24-16)12-4-2-3-5-12/h9-12H,2-8H2,1H3/t11-/m0/s1. The highest BCUT2D eigenvalue weighted by atomic mass is 32.1. The number of aromatic nitrogens is 3. The summed E-state index contributed by atoms with van der Waals surface area (Å²) in [6.45, 7) is 4.40. The smallest absolute Gasteiger partial charge is 0.273 e. The summed E-state index contributed by atoms with van der Waals surface area (Å²) in [4.78, 5) is 25.6. The summed E-state index contributed by atoms with van der Waals surface area (Å²) in [7, 11) is 0. The van der Waals surface area contributed by atoms with Crippen molar-refractivity contribution in [2.75, 3.05) is 24.5 Å². The fourth-order valence-corrected chi connectivity index (χ4v) is 4.91. The van der Waals surface area contributed by atoms with E-state index in [1.54, 1.807) is 5.51 Å². The molecule has 0 N–H and O–H groups in total. The van der Waals surface area contributed by atoms with Crippen LogP contribution in [0.2, 0.25) is 0 Å². The second-order valence-electron chi connectivity index (χ2n) is 6.58. The Bertz CT molecular complexity index is 695. The molecule has 1 amide bonds. The van der Waals surface area contributed by atoms with Crippen LogP contribution in [0, 0.1) is 0 Å². The molecule has 24 heavy (non-hydrogen) atoms. The van der Waals surface area contributed by atoms with E-state index in [9.17, 15) is 4.79 Å². The molecule has 1 saturated heterocycles. The van der Waals surface area contributed by atoms with Gasteiger partial charge in [0, 0.05) is 48.5 Å². The maximum absolute atomic E-state index is 12.5. The number of nitrogens with zero attached hydrogens (tertiary/aromatic N) is 5. The Balaban J connectivity index is 1.42. The van der Waals surface area contributed by atoms with Crippen LogP contribution >= 0.6 is 22.9 Å². The third-order valence-corrected chi connectivity index (χ3v) is 6.34. The number of carbonyl (C=O) groups is 1. The maximum atomic E-state index is 12.5. The van der Waals surface area contributed by atoms with E-state index < -0.39 is 0 Å². The monoisotopic (exact) mass is 363 g/mol. The van der Waals surface area contributed by atoms with Crippen molar-refractivity contribution in [2.45, 2.75) is 44.6 Å². The van der Waals surface area contributed by atoms with Gasteiger partial charge < -0.3 is 9.80 Å². The van der Waals surface area contributed by atoms with Gasteiger partial charge >= 0.3 is 0 Å². The average Bonchev–Trinajstić information content (AvgIpc) is 3.35. The summed E-state index contributed by atoms with van der Waals surface area (Å²) in [6.07, 6.45) is 5.05. The molecule has 1 aliphatic heterocycles. The van der Waals surface area contributed by atoms with Crippen LogP contribution in [0.25, 0.3) is 0 Å². The van der Waals surface area contributed by atoms with Gasteiger partial charge in [0.25, 0.3) is 5.91 Å². The molecule has 0 aromatic carbocycles. The highest BCUT2D eigenvalue weighted by Crippen LogP contribution is 2.34. The summed E-state index contributed by atoms with van der Waals surface area (Å²) < 4.78 is 4.59. The van der Waals surface area contributed by atoms with E-state index in [2.05, 4.69) is 21.2 Å². The second-order valence-corrected chi connectivity index (χ2v) is 8.03. The fraction of sp³-hybridized carbons (Fsp3) is 0.625. The van der Waals surface area contributed by atoms with Crippen LogP contribution in [0.4, 0.5) is 5.13 Å². The molecule has 128 valence electrons. The maximum Gasteiger partial charge on any atom is 0.273 e. The Morgan fingerprint density at radius 1 is 1.29 bits per heavy atom. The molecule has 4 rings (SSSR count). The molecular formula is C16H21N5OS2. The first-order chi connectivity index (χ1) is 11.7. The van der Waals surface area contributed by atoms with Crippen LogP contribution < -0.4 is 4.90 Å². The van der Waals surface area contributed by atoms with Crippen LogP contribution in [0.5, 0.6) is 0 Å². The minimum absolute atomic E-state index is 0.0345. The third kappa shape index (κ3) is 3.04. The van der Waals surface area contributed by atoms with E-state index >= 15 is 0 Å². The Morgan fingerprint density at radius 2 is 2.12 bits per heavy atom. The first-order valence-corrected chi connectivity index (χ1v) is 10.2. The topological polar surface area (TPSA) is 62.2 Å². The predicted octanol–water partition coefficient (Wildman–Crippen LogP) is 3.00.